The first-order chi connectivity index (χ1) is 31.7. The van der Waals surface area contributed by atoms with Gasteiger partial charge in [0.15, 0.2) is 0 Å². The van der Waals surface area contributed by atoms with Crippen molar-refractivity contribution in [2.45, 2.75) is 0 Å². The highest BCUT2D eigenvalue weighted by Crippen LogP contribution is 2.44. The molecule has 2 heteroatoms. The van der Waals surface area contributed by atoms with Crippen LogP contribution in [-0.4, -0.2) is 0 Å². The van der Waals surface area contributed by atoms with Crippen molar-refractivity contribution in [1.29, 1.82) is 0 Å². The number of hydrogen-bond acceptors (Lipinski definition) is 2. The van der Waals surface area contributed by atoms with E-state index in [1.54, 1.807) is 0 Å². The third-order valence-electron chi connectivity index (χ3n) is 13.2. The first-order valence-electron chi connectivity index (χ1n) is 22.0. The lowest BCUT2D eigenvalue weighted by Gasteiger charge is -2.27. The second-order valence-corrected chi connectivity index (χ2v) is 16.8. The first-order valence-corrected chi connectivity index (χ1v) is 22.0. The Morgan fingerprint density at radius 1 is 0.266 bits per heavy atom. The summed E-state index contributed by atoms with van der Waals surface area (Å²) in [5, 5.41) is 14.6. The Morgan fingerprint density at radius 3 is 1.36 bits per heavy atom. The van der Waals surface area contributed by atoms with Crippen LogP contribution in [0.1, 0.15) is 0 Å². The number of nitrogens with zero attached hydrogens (tertiary/aromatic N) is 1. The van der Waals surface area contributed by atoms with Crippen LogP contribution >= 0.6 is 0 Å². The zero-order chi connectivity index (χ0) is 42.1. The van der Waals surface area contributed by atoms with Gasteiger partial charge in [-0.25, -0.2) is 0 Å². The third-order valence-corrected chi connectivity index (χ3v) is 13.2. The standard InChI is InChI=1S/C62H39NO/c1-4-19-49-40(12-1)30-35-57-51(22-9-25-55(49)57)43-28-33-46(34-29-43)63(47-17-7-15-44(38-47)52-23-10-26-56-50-20-5-2-13-41(50)31-36-58(52)56)48-18-8-16-45(39-48)53-24-11-27-60-61(53)59-37-32-42-14-3-6-21-54(42)62(59)64-60/h1-39H. The Hall–Kier alpha value is -8.46. The van der Waals surface area contributed by atoms with Gasteiger partial charge < -0.3 is 9.32 Å². The van der Waals surface area contributed by atoms with Crippen molar-refractivity contribution in [3.05, 3.63) is 237 Å². The number of furan rings is 1. The second kappa shape index (κ2) is 14.6. The van der Waals surface area contributed by atoms with Crippen LogP contribution in [0, 0.1) is 0 Å². The van der Waals surface area contributed by atoms with Crippen LogP contribution in [0.5, 0.6) is 0 Å². The third kappa shape index (κ3) is 5.81. The van der Waals surface area contributed by atoms with Crippen LogP contribution in [0.15, 0.2) is 241 Å². The number of anilines is 3. The van der Waals surface area contributed by atoms with Crippen molar-refractivity contribution in [3.63, 3.8) is 0 Å². The predicted molar refractivity (Wildman–Crippen MR) is 272 cm³/mol. The topological polar surface area (TPSA) is 16.4 Å². The molecule has 1 heterocycles. The maximum Gasteiger partial charge on any atom is 0.143 e. The molecule has 64 heavy (non-hydrogen) atoms. The normalized spacial score (nSPS) is 11.8. The van der Waals surface area contributed by atoms with Crippen LogP contribution in [0.4, 0.5) is 17.1 Å². The van der Waals surface area contributed by atoms with Gasteiger partial charge in [0.2, 0.25) is 0 Å². The Kier molecular flexibility index (Phi) is 8.25. The van der Waals surface area contributed by atoms with E-state index in [2.05, 4.69) is 241 Å². The quantitative estimate of drug-likeness (QED) is 0.156. The van der Waals surface area contributed by atoms with Crippen molar-refractivity contribution in [1.82, 2.24) is 0 Å². The maximum atomic E-state index is 6.64. The molecule has 1 aromatic heterocycles. The van der Waals surface area contributed by atoms with Crippen molar-refractivity contribution < 1.29 is 4.42 Å². The number of fused-ring (bicyclic) bond motifs is 11. The summed E-state index contributed by atoms with van der Waals surface area (Å²) in [6.07, 6.45) is 0. The number of hydrogen-bond donors (Lipinski definition) is 0. The van der Waals surface area contributed by atoms with E-state index >= 15 is 0 Å². The molecular weight excluding hydrogens is 775 g/mol. The molecule has 13 aromatic rings. The van der Waals surface area contributed by atoms with Gasteiger partial charge in [-0.15, -0.1) is 0 Å². The molecule has 0 fully saturated rings. The summed E-state index contributed by atoms with van der Waals surface area (Å²) in [6, 6.07) is 86.1. The minimum atomic E-state index is 0.888. The fourth-order valence-corrected chi connectivity index (χ4v) is 10.2. The summed E-state index contributed by atoms with van der Waals surface area (Å²) < 4.78 is 6.64. The van der Waals surface area contributed by atoms with Gasteiger partial charge in [0.25, 0.3) is 0 Å². The molecule has 0 unspecified atom stereocenters. The first kappa shape index (κ1) is 36.2. The van der Waals surface area contributed by atoms with Gasteiger partial charge in [0, 0.05) is 33.2 Å². The molecule has 0 N–H and O–H groups in total. The van der Waals surface area contributed by atoms with Crippen molar-refractivity contribution in [3.8, 4) is 33.4 Å². The van der Waals surface area contributed by atoms with Crippen molar-refractivity contribution in [2.75, 3.05) is 4.90 Å². The largest absolute Gasteiger partial charge is 0.455 e. The van der Waals surface area contributed by atoms with Crippen molar-refractivity contribution in [2.24, 2.45) is 0 Å². The van der Waals surface area contributed by atoms with Crippen LogP contribution < -0.4 is 4.90 Å². The molecule has 13 rings (SSSR count). The molecule has 0 bridgehead atoms. The molecule has 0 saturated carbocycles. The SMILES string of the molecule is c1cc(-c2cccc3c2ccc2ccccc23)cc(N(c2ccc(-c3cccc4c3ccc3ccccc34)cc2)c2cccc(-c3cccc4oc5c6ccccc6ccc5c34)c2)c1. The lowest BCUT2D eigenvalue weighted by molar-refractivity contribution is 0.673. The van der Waals surface area contributed by atoms with Gasteiger partial charge in [0.1, 0.15) is 11.2 Å². The number of rotatable bonds is 6. The molecule has 0 amide bonds. The smallest absolute Gasteiger partial charge is 0.143 e. The molecule has 0 aliphatic heterocycles. The lowest BCUT2D eigenvalue weighted by atomic mass is 9.94. The van der Waals surface area contributed by atoms with E-state index in [1.807, 2.05) is 0 Å². The average Bonchev–Trinajstić information content (AvgIpc) is 3.76. The Bertz CT molecular complexity index is 3970. The minimum absolute atomic E-state index is 0.888. The molecule has 0 spiro atoms. The predicted octanol–water partition coefficient (Wildman–Crippen LogP) is 17.8. The molecule has 298 valence electrons. The fraction of sp³-hybridized carbons (Fsp3) is 0. The highest BCUT2D eigenvalue weighted by molar-refractivity contribution is 6.19. The molecular formula is C62H39NO. The second-order valence-electron chi connectivity index (χ2n) is 16.8. The Balaban J connectivity index is 0.976. The van der Waals surface area contributed by atoms with E-state index in [-0.39, 0.29) is 0 Å². The van der Waals surface area contributed by atoms with Gasteiger partial charge >= 0.3 is 0 Å². The summed E-state index contributed by atoms with van der Waals surface area (Å²) in [6.45, 7) is 0. The summed E-state index contributed by atoms with van der Waals surface area (Å²) in [5.74, 6) is 0. The summed E-state index contributed by atoms with van der Waals surface area (Å²) in [4.78, 5) is 2.40. The van der Waals surface area contributed by atoms with Gasteiger partial charge in [0.05, 0.1) is 0 Å². The van der Waals surface area contributed by atoms with E-state index in [1.165, 1.54) is 70.7 Å². The van der Waals surface area contributed by atoms with Gasteiger partial charge in [-0.05, 0) is 130 Å². The van der Waals surface area contributed by atoms with E-state index in [9.17, 15) is 0 Å². The van der Waals surface area contributed by atoms with Gasteiger partial charge in [-0.3, -0.25) is 0 Å². The molecule has 0 aliphatic rings. The zero-order valence-corrected chi connectivity index (χ0v) is 34.9. The summed E-state index contributed by atoms with van der Waals surface area (Å²) in [5.41, 5.74) is 12.1. The van der Waals surface area contributed by atoms with Crippen LogP contribution in [0.3, 0.4) is 0 Å². The highest BCUT2D eigenvalue weighted by atomic mass is 16.3. The van der Waals surface area contributed by atoms with Gasteiger partial charge in [-0.2, -0.15) is 0 Å². The summed E-state index contributed by atoms with van der Waals surface area (Å²) >= 11 is 0. The molecule has 0 radical (unpaired) electrons. The van der Waals surface area contributed by atoms with E-state index in [0.717, 1.165) is 55.5 Å². The van der Waals surface area contributed by atoms with Crippen LogP contribution in [-0.2, 0) is 0 Å². The lowest BCUT2D eigenvalue weighted by Crippen LogP contribution is -2.10. The fourth-order valence-electron chi connectivity index (χ4n) is 10.2. The highest BCUT2D eigenvalue weighted by Gasteiger charge is 2.19. The molecule has 12 aromatic carbocycles. The van der Waals surface area contributed by atoms with Crippen LogP contribution in [0.25, 0.3) is 109 Å². The number of benzene rings is 12. The molecule has 0 atom stereocenters. The summed E-state index contributed by atoms with van der Waals surface area (Å²) in [7, 11) is 0. The molecule has 0 aliphatic carbocycles. The molecule has 0 saturated heterocycles. The maximum absolute atomic E-state index is 6.64. The minimum Gasteiger partial charge on any atom is -0.455 e. The van der Waals surface area contributed by atoms with E-state index < -0.39 is 0 Å². The van der Waals surface area contributed by atoms with Gasteiger partial charge in [-0.1, -0.05) is 188 Å². The Morgan fingerprint density at radius 2 is 0.734 bits per heavy atom. The zero-order valence-electron chi connectivity index (χ0n) is 34.9. The van der Waals surface area contributed by atoms with E-state index in [0.29, 0.717) is 0 Å². The van der Waals surface area contributed by atoms with Crippen LogP contribution in [0.2, 0.25) is 0 Å². The molecule has 2 nitrogen and oxygen atoms in total. The Labute approximate surface area is 370 Å². The van der Waals surface area contributed by atoms with Crippen molar-refractivity contribution >= 4 is 92.9 Å². The van der Waals surface area contributed by atoms with E-state index in [4.69, 9.17) is 4.42 Å². The monoisotopic (exact) mass is 813 g/mol. The average molecular weight is 814 g/mol.